The van der Waals surface area contributed by atoms with E-state index in [-0.39, 0.29) is 0 Å². The highest BCUT2D eigenvalue weighted by Gasteiger charge is 2.52. The first-order valence-corrected chi connectivity index (χ1v) is 7.06. The molecule has 136 valence electrons. The Kier molecular flexibility index (Phi) is 7.08. The maximum atomic E-state index is 14.2. The Morgan fingerprint density at radius 2 is 1.25 bits per heavy atom. The van der Waals surface area contributed by atoms with Crippen molar-refractivity contribution < 1.29 is 47.3 Å². The van der Waals surface area contributed by atoms with Gasteiger partial charge in [-0.2, -0.15) is 0 Å². The molecule has 5 atom stereocenters. The summed E-state index contributed by atoms with van der Waals surface area (Å²) >= 11 is 0. The summed E-state index contributed by atoms with van der Waals surface area (Å²) < 4.78 is 38.7. The molecule has 0 unspecified atom stereocenters. The van der Waals surface area contributed by atoms with E-state index in [0.717, 1.165) is 27.7 Å². The van der Waals surface area contributed by atoms with Gasteiger partial charge in [0.1, 0.15) is 12.7 Å². The fourth-order valence-electron chi connectivity index (χ4n) is 2.18. The lowest BCUT2D eigenvalue weighted by Crippen LogP contribution is -2.61. The van der Waals surface area contributed by atoms with E-state index in [2.05, 4.69) is 0 Å². The predicted octanol–water partition coefficient (Wildman–Crippen LogP) is 0.0390. The minimum absolute atomic E-state index is 0.446. The average molecular weight is 350 g/mol. The van der Waals surface area contributed by atoms with Crippen molar-refractivity contribution in [1.29, 1.82) is 0 Å². The predicted molar refractivity (Wildman–Crippen MR) is 73.1 cm³/mol. The van der Waals surface area contributed by atoms with E-state index in [1.165, 1.54) is 0 Å². The molecule has 1 saturated heterocycles. The molecule has 1 aliphatic heterocycles. The van der Waals surface area contributed by atoms with Gasteiger partial charge in [0, 0.05) is 27.7 Å². The molecule has 0 spiro atoms. The summed E-state index contributed by atoms with van der Waals surface area (Å²) in [6, 6.07) is 0. The molecule has 9 nitrogen and oxygen atoms in total. The van der Waals surface area contributed by atoms with E-state index in [4.69, 9.17) is 23.7 Å². The summed E-state index contributed by atoms with van der Waals surface area (Å²) in [6.45, 7) is 3.85. The number of hydrogen-bond donors (Lipinski definition) is 0. The monoisotopic (exact) mass is 350 g/mol. The van der Waals surface area contributed by atoms with E-state index in [1.807, 2.05) is 0 Å². The maximum absolute atomic E-state index is 14.2. The fourth-order valence-corrected chi connectivity index (χ4v) is 2.18. The summed E-state index contributed by atoms with van der Waals surface area (Å²) in [7, 11) is 0. The minimum Gasteiger partial charge on any atom is -0.463 e. The van der Waals surface area contributed by atoms with Gasteiger partial charge < -0.3 is 23.7 Å². The van der Waals surface area contributed by atoms with Crippen LogP contribution < -0.4 is 0 Å². The Balaban J connectivity index is 3.11. The van der Waals surface area contributed by atoms with E-state index in [9.17, 15) is 23.6 Å². The number of ether oxygens (including phenoxy) is 5. The van der Waals surface area contributed by atoms with Gasteiger partial charge in [-0.05, 0) is 0 Å². The maximum Gasteiger partial charge on any atom is 0.303 e. The lowest BCUT2D eigenvalue weighted by Gasteiger charge is -2.41. The molecule has 0 amide bonds. The van der Waals surface area contributed by atoms with Crippen molar-refractivity contribution in [3.8, 4) is 0 Å². The van der Waals surface area contributed by atoms with Crippen LogP contribution in [-0.4, -0.2) is 61.3 Å². The van der Waals surface area contributed by atoms with Crippen LogP contribution in [0.5, 0.6) is 0 Å². The van der Waals surface area contributed by atoms with E-state index in [0.29, 0.717) is 0 Å². The summed E-state index contributed by atoms with van der Waals surface area (Å²) in [5.74, 6) is -3.09. The molecule has 0 N–H and O–H groups in total. The van der Waals surface area contributed by atoms with Crippen molar-refractivity contribution in [1.82, 2.24) is 0 Å². The first-order valence-electron chi connectivity index (χ1n) is 7.06. The molecule has 1 fully saturated rings. The zero-order valence-corrected chi connectivity index (χ0v) is 13.6. The first kappa shape index (κ1) is 19.8. The van der Waals surface area contributed by atoms with Gasteiger partial charge in [-0.15, -0.1) is 0 Å². The fraction of sp³-hybridized carbons (Fsp3) is 0.714. The highest BCUT2D eigenvalue weighted by Crippen LogP contribution is 2.29. The summed E-state index contributed by atoms with van der Waals surface area (Å²) in [6.07, 6.45) is -7.85. The van der Waals surface area contributed by atoms with Gasteiger partial charge in [-0.1, -0.05) is 0 Å². The number of alkyl halides is 1. The standard InChI is InChI=1S/C14H19FO9/c1-6(16)20-5-10-11(21-7(2)17)12(22-8(3)18)13(14(15)24-10)23-9(4)19/h10-14H,5H2,1-4H3/t10-,11-,12-,13-,14-/m1/s1. The molecule has 0 saturated carbocycles. The van der Waals surface area contributed by atoms with Gasteiger partial charge in [0.05, 0.1) is 0 Å². The molecule has 0 aromatic rings. The van der Waals surface area contributed by atoms with Crippen molar-refractivity contribution >= 4 is 23.9 Å². The normalized spacial score (nSPS) is 29.3. The van der Waals surface area contributed by atoms with Crippen LogP contribution in [0, 0.1) is 0 Å². The molecule has 1 aliphatic rings. The van der Waals surface area contributed by atoms with Crippen molar-refractivity contribution in [3.05, 3.63) is 0 Å². The van der Waals surface area contributed by atoms with Crippen LogP contribution in [-0.2, 0) is 42.9 Å². The second-order valence-electron chi connectivity index (χ2n) is 5.05. The number of hydrogen-bond acceptors (Lipinski definition) is 9. The second kappa shape index (κ2) is 8.57. The molecular weight excluding hydrogens is 331 g/mol. The van der Waals surface area contributed by atoms with Crippen LogP contribution in [0.3, 0.4) is 0 Å². The molecule has 0 aliphatic carbocycles. The minimum atomic E-state index is -2.18. The molecule has 24 heavy (non-hydrogen) atoms. The summed E-state index contributed by atoms with van der Waals surface area (Å²) in [5, 5.41) is 0. The third-order valence-electron chi connectivity index (χ3n) is 2.93. The van der Waals surface area contributed by atoms with E-state index in [1.54, 1.807) is 0 Å². The zero-order chi connectivity index (χ0) is 18.4. The lowest BCUT2D eigenvalue weighted by molar-refractivity contribution is -0.277. The van der Waals surface area contributed by atoms with Gasteiger partial charge in [-0.25, -0.2) is 4.39 Å². The van der Waals surface area contributed by atoms with E-state index >= 15 is 0 Å². The van der Waals surface area contributed by atoms with Crippen LogP contribution in [0.2, 0.25) is 0 Å². The number of esters is 4. The van der Waals surface area contributed by atoms with Gasteiger partial charge in [0.15, 0.2) is 18.3 Å². The van der Waals surface area contributed by atoms with Gasteiger partial charge in [0.2, 0.25) is 6.36 Å². The van der Waals surface area contributed by atoms with Crippen LogP contribution >= 0.6 is 0 Å². The largest absolute Gasteiger partial charge is 0.463 e. The van der Waals surface area contributed by atoms with Crippen molar-refractivity contribution in [2.75, 3.05) is 6.61 Å². The van der Waals surface area contributed by atoms with Crippen molar-refractivity contribution in [2.45, 2.75) is 58.5 Å². The Morgan fingerprint density at radius 3 is 1.71 bits per heavy atom. The number of halogens is 1. The smallest absolute Gasteiger partial charge is 0.303 e. The highest BCUT2D eigenvalue weighted by atomic mass is 19.1. The number of rotatable bonds is 5. The molecule has 0 bridgehead atoms. The van der Waals surface area contributed by atoms with E-state index < -0.39 is 61.3 Å². The van der Waals surface area contributed by atoms with Crippen molar-refractivity contribution in [3.63, 3.8) is 0 Å². The SMILES string of the molecule is CC(=O)OC[C@H]1O[C@@H](F)[C@H](OC(C)=O)[C@H](OC(C)=O)[C@@H]1OC(C)=O. The average Bonchev–Trinajstić information content (AvgIpc) is 2.42. The number of carbonyl (C=O) groups is 4. The van der Waals surface area contributed by atoms with Crippen molar-refractivity contribution in [2.24, 2.45) is 0 Å². The van der Waals surface area contributed by atoms with Crippen LogP contribution in [0.15, 0.2) is 0 Å². The van der Waals surface area contributed by atoms with Crippen LogP contribution in [0.4, 0.5) is 4.39 Å². The third kappa shape index (κ3) is 5.76. The van der Waals surface area contributed by atoms with Crippen LogP contribution in [0.1, 0.15) is 27.7 Å². The third-order valence-corrected chi connectivity index (χ3v) is 2.93. The topological polar surface area (TPSA) is 114 Å². The first-order chi connectivity index (χ1) is 11.1. The zero-order valence-electron chi connectivity index (χ0n) is 13.6. The molecule has 1 heterocycles. The van der Waals surface area contributed by atoms with Gasteiger partial charge in [-0.3, -0.25) is 19.2 Å². The molecule has 0 aromatic carbocycles. The molecular formula is C14H19FO9. The molecule has 0 radical (unpaired) electrons. The highest BCUT2D eigenvalue weighted by molar-refractivity contribution is 5.68. The second-order valence-corrected chi connectivity index (χ2v) is 5.05. The molecule has 10 heteroatoms. The summed E-state index contributed by atoms with van der Waals surface area (Å²) in [4.78, 5) is 44.7. The summed E-state index contributed by atoms with van der Waals surface area (Å²) in [5.41, 5.74) is 0. The van der Waals surface area contributed by atoms with Crippen LogP contribution in [0.25, 0.3) is 0 Å². The quantitative estimate of drug-likeness (QED) is 0.500. The van der Waals surface area contributed by atoms with Gasteiger partial charge in [0.25, 0.3) is 0 Å². The Labute approximate surface area is 137 Å². The van der Waals surface area contributed by atoms with Gasteiger partial charge >= 0.3 is 23.9 Å². The lowest BCUT2D eigenvalue weighted by atomic mass is 9.98. The molecule has 0 aromatic heterocycles. The Bertz CT molecular complexity index is 506. The number of carbonyl (C=O) groups excluding carboxylic acids is 4. The Hall–Kier alpha value is -2.23. The molecule has 1 rings (SSSR count). The Morgan fingerprint density at radius 1 is 0.792 bits per heavy atom.